The zero-order chi connectivity index (χ0) is 21.3. The molecule has 3 aromatic rings. The van der Waals surface area contributed by atoms with Gasteiger partial charge in [-0.25, -0.2) is 4.68 Å². The van der Waals surface area contributed by atoms with E-state index in [1.54, 1.807) is 18.9 Å². The first kappa shape index (κ1) is 19.5. The highest BCUT2D eigenvalue weighted by molar-refractivity contribution is 6.06. The maximum atomic E-state index is 13.4. The number of aromatic nitrogens is 3. The minimum Gasteiger partial charge on any atom is -0.497 e. The number of nitrogens with one attached hydrogen (secondary N) is 2. The van der Waals surface area contributed by atoms with Gasteiger partial charge in [-0.05, 0) is 44.2 Å². The molecule has 8 nitrogen and oxygen atoms in total. The van der Waals surface area contributed by atoms with Crippen LogP contribution in [-0.2, 0) is 4.79 Å². The van der Waals surface area contributed by atoms with Gasteiger partial charge in [-0.1, -0.05) is 17.7 Å². The number of carbonyl (C=O) groups is 1. The van der Waals surface area contributed by atoms with Crippen LogP contribution in [0.1, 0.15) is 24.1 Å². The summed E-state index contributed by atoms with van der Waals surface area (Å²) in [5.41, 5.74) is 3.79. The Balaban J connectivity index is 1.82. The maximum Gasteiger partial charge on any atom is 0.255 e. The van der Waals surface area contributed by atoms with E-state index in [1.165, 1.54) is 6.33 Å². The summed E-state index contributed by atoms with van der Waals surface area (Å²) in [5, 5.41) is 10.5. The molecule has 0 unspecified atom stereocenters. The van der Waals surface area contributed by atoms with Gasteiger partial charge in [0.1, 0.15) is 23.9 Å². The molecule has 2 aromatic carbocycles. The molecule has 0 saturated heterocycles. The lowest BCUT2D eigenvalue weighted by Crippen LogP contribution is -2.31. The van der Waals surface area contributed by atoms with Gasteiger partial charge in [0.25, 0.3) is 5.91 Å². The summed E-state index contributed by atoms with van der Waals surface area (Å²) in [4.78, 5) is 17.7. The summed E-state index contributed by atoms with van der Waals surface area (Å²) in [6.07, 6.45) is 1.45. The Morgan fingerprint density at radius 2 is 1.87 bits per heavy atom. The van der Waals surface area contributed by atoms with Crippen molar-refractivity contribution in [2.45, 2.75) is 19.9 Å². The predicted molar refractivity (Wildman–Crippen MR) is 114 cm³/mol. The Morgan fingerprint density at radius 3 is 2.57 bits per heavy atom. The highest BCUT2D eigenvalue weighted by atomic mass is 16.5. The van der Waals surface area contributed by atoms with Crippen LogP contribution < -0.4 is 20.1 Å². The fourth-order valence-electron chi connectivity index (χ4n) is 3.56. The van der Waals surface area contributed by atoms with Crippen LogP contribution in [0.2, 0.25) is 0 Å². The van der Waals surface area contributed by atoms with Crippen molar-refractivity contribution in [2.75, 3.05) is 24.9 Å². The third-order valence-electron chi connectivity index (χ3n) is 5.08. The number of ether oxygens (including phenoxy) is 2. The molecule has 1 aliphatic heterocycles. The van der Waals surface area contributed by atoms with Crippen molar-refractivity contribution in [3.8, 4) is 11.5 Å². The van der Waals surface area contributed by atoms with Crippen molar-refractivity contribution in [3.63, 3.8) is 0 Å². The van der Waals surface area contributed by atoms with Crippen molar-refractivity contribution in [2.24, 2.45) is 0 Å². The Kier molecular flexibility index (Phi) is 5.14. The Hall–Kier alpha value is -3.81. The van der Waals surface area contributed by atoms with E-state index < -0.39 is 6.04 Å². The van der Waals surface area contributed by atoms with Crippen LogP contribution in [0, 0.1) is 6.92 Å². The molecule has 2 N–H and O–H groups in total. The van der Waals surface area contributed by atoms with Crippen LogP contribution in [0.5, 0.6) is 11.5 Å². The number of rotatable bonds is 5. The van der Waals surface area contributed by atoms with Crippen molar-refractivity contribution in [3.05, 3.63) is 71.2 Å². The summed E-state index contributed by atoms with van der Waals surface area (Å²) >= 11 is 0. The summed E-state index contributed by atoms with van der Waals surface area (Å²) in [5.74, 6) is 1.59. The third-order valence-corrected chi connectivity index (χ3v) is 5.08. The number of allylic oxidation sites excluding steroid dienone is 1. The number of amides is 1. The Labute approximate surface area is 174 Å². The fraction of sp³-hybridized carbons (Fsp3) is 0.227. The molecule has 1 atom stereocenters. The number of benzene rings is 2. The monoisotopic (exact) mass is 405 g/mol. The van der Waals surface area contributed by atoms with Gasteiger partial charge in [-0.2, -0.15) is 10.1 Å². The Morgan fingerprint density at radius 1 is 1.10 bits per heavy atom. The number of hydrogen-bond donors (Lipinski definition) is 2. The molecule has 8 heteroatoms. The normalized spacial score (nSPS) is 15.3. The number of nitrogens with zero attached hydrogens (tertiary/aromatic N) is 3. The van der Waals surface area contributed by atoms with Crippen molar-refractivity contribution in [1.29, 1.82) is 0 Å². The standard InChI is InChI=1S/C22H23N5O3/c1-13-5-7-15(8-6-13)26-21(28)19-14(2)25-22-23-12-24-27(22)20(19)17-11-16(29-3)9-10-18(17)30-4/h5-12,20H,1-4H3,(H,26,28)(H,23,24,25)/t20-/m0/s1. The SMILES string of the molecule is COc1ccc(OC)c([C@H]2C(C(=O)Nc3ccc(C)cc3)=C(C)Nc3ncnn32)c1. The van der Waals surface area contributed by atoms with E-state index in [-0.39, 0.29) is 5.91 Å². The lowest BCUT2D eigenvalue weighted by atomic mass is 9.94. The quantitative estimate of drug-likeness (QED) is 0.675. The van der Waals surface area contributed by atoms with E-state index in [0.29, 0.717) is 34.4 Å². The van der Waals surface area contributed by atoms with Crippen LogP contribution in [0.4, 0.5) is 11.6 Å². The van der Waals surface area contributed by atoms with Gasteiger partial charge in [0.05, 0.1) is 19.8 Å². The molecular formula is C22H23N5O3. The first-order valence-electron chi connectivity index (χ1n) is 9.49. The first-order chi connectivity index (χ1) is 14.5. The Bertz CT molecular complexity index is 1120. The number of carbonyl (C=O) groups excluding carboxylic acids is 1. The van der Waals surface area contributed by atoms with Gasteiger partial charge in [0.15, 0.2) is 0 Å². The average molecular weight is 405 g/mol. The van der Waals surface area contributed by atoms with Crippen molar-refractivity contribution >= 4 is 17.5 Å². The molecule has 2 heterocycles. The molecule has 1 aromatic heterocycles. The molecule has 0 aliphatic carbocycles. The number of aryl methyl sites for hydroxylation is 1. The fourth-order valence-corrected chi connectivity index (χ4v) is 3.56. The molecule has 0 fully saturated rings. The number of methoxy groups -OCH3 is 2. The van der Waals surface area contributed by atoms with Gasteiger partial charge in [-0.15, -0.1) is 0 Å². The molecule has 154 valence electrons. The van der Waals surface area contributed by atoms with E-state index in [0.717, 1.165) is 11.1 Å². The van der Waals surface area contributed by atoms with Crippen LogP contribution in [0.25, 0.3) is 0 Å². The number of anilines is 2. The molecule has 1 aliphatic rings. The van der Waals surface area contributed by atoms with Crippen LogP contribution >= 0.6 is 0 Å². The van der Waals surface area contributed by atoms with Crippen LogP contribution in [-0.4, -0.2) is 34.9 Å². The maximum absolute atomic E-state index is 13.4. The lowest BCUT2D eigenvalue weighted by Gasteiger charge is -2.29. The second-order valence-electron chi connectivity index (χ2n) is 7.02. The third kappa shape index (κ3) is 3.47. The first-order valence-corrected chi connectivity index (χ1v) is 9.49. The molecule has 1 amide bonds. The molecular weight excluding hydrogens is 382 g/mol. The van der Waals surface area contributed by atoms with Gasteiger partial charge in [0.2, 0.25) is 5.95 Å². The number of hydrogen-bond acceptors (Lipinski definition) is 6. The molecule has 4 rings (SSSR count). The van der Waals surface area contributed by atoms with Crippen molar-refractivity contribution < 1.29 is 14.3 Å². The molecule has 0 saturated carbocycles. The van der Waals surface area contributed by atoms with Gasteiger partial charge in [0, 0.05) is 16.9 Å². The topological polar surface area (TPSA) is 90.3 Å². The number of fused-ring (bicyclic) bond motifs is 1. The molecule has 0 radical (unpaired) electrons. The lowest BCUT2D eigenvalue weighted by molar-refractivity contribution is -0.113. The van der Waals surface area contributed by atoms with Gasteiger partial charge >= 0.3 is 0 Å². The van der Waals surface area contributed by atoms with E-state index >= 15 is 0 Å². The van der Waals surface area contributed by atoms with E-state index in [2.05, 4.69) is 20.7 Å². The van der Waals surface area contributed by atoms with Crippen LogP contribution in [0.3, 0.4) is 0 Å². The second kappa shape index (κ2) is 7.90. The van der Waals surface area contributed by atoms with Crippen molar-refractivity contribution in [1.82, 2.24) is 14.8 Å². The van der Waals surface area contributed by atoms with E-state index in [1.807, 2.05) is 56.3 Å². The average Bonchev–Trinajstić information content (AvgIpc) is 3.21. The van der Waals surface area contributed by atoms with Crippen LogP contribution in [0.15, 0.2) is 60.1 Å². The van der Waals surface area contributed by atoms with Gasteiger partial charge in [-0.3, -0.25) is 4.79 Å². The van der Waals surface area contributed by atoms with E-state index in [4.69, 9.17) is 9.47 Å². The molecule has 0 bridgehead atoms. The molecule has 0 spiro atoms. The zero-order valence-electron chi connectivity index (χ0n) is 17.3. The zero-order valence-corrected chi connectivity index (χ0v) is 17.3. The molecule has 30 heavy (non-hydrogen) atoms. The largest absolute Gasteiger partial charge is 0.497 e. The highest BCUT2D eigenvalue weighted by Gasteiger charge is 2.35. The minimum atomic E-state index is -0.542. The predicted octanol–water partition coefficient (Wildman–Crippen LogP) is 3.53. The summed E-state index contributed by atoms with van der Waals surface area (Å²) < 4.78 is 12.7. The highest BCUT2D eigenvalue weighted by Crippen LogP contribution is 2.40. The van der Waals surface area contributed by atoms with E-state index in [9.17, 15) is 4.79 Å². The summed E-state index contributed by atoms with van der Waals surface area (Å²) in [6.45, 7) is 3.85. The second-order valence-corrected chi connectivity index (χ2v) is 7.02. The summed E-state index contributed by atoms with van der Waals surface area (Å²) in [7, 11) is 3.19. The summed E-state index contributed by atoms with van der Waals surface area (Å²) in [6, 6.07) is 12.6. The van der Waals surface area contributed by atoms with Gasteiger partial charge < -0.3 is 20.1 Å². The smallest absolute Gasteiger partial charge is 0.255 e. The minimum absolute atomic E-state index is 0.236.